The Labute approximate surface area is 350 Å². The number of fused-ring (bicyclic) bond motifs is 2. The molecule has 3 aromatic heterocycles. The van der Waals surface area contributed by atoms with Crippen LogP contribution in [0.4, 0.5) is 24.5 Å². The lowest BCUT2D eigenvalue weighted by Gasteiger charge is -2.48. The van der Waals surface area contributed by atoms with Gasteiger partial charge in [-0.05, 0) is 106 Å². The second kappa shape index (κ2) is 16.0. The van der Waals surface area contributed by atoms with E-state index in [1.54, 1.807) is 28.3 Å². The highest BCUT2D eigenvalue weighted by Crippen LogP contribution is 2.44. The number of benzene rings is 2. The summed E-state index contributed by atoms with van der Waals surface area (Å²) in [5, 5.41) is 10.7. The summed E-state index contributed by atoms with van der Waals surface area (Å²) in [6.45, 7) is 5.09. The molecule has 1 unspecified atom stereocenters. The van der Waals surface area contributed by atoms with Crippen molar-refractivity contribution >= 4 is 51.0 Å². The molecule has 0 bridgehead atoms. The molecule has 1 atom stereocenters. The van der Waals surface area contributed by atoms with Gasteiger partial charge in [0, 0.05) is 63.1 Å². The third kappa shape index (κ3) is 7.88. The first-order valence-corrected chi connectivity index (χ1v) is 21.2. The van der Waals surface area contributed by atoms with Crippen LogP contribution >= 0.6 is 0 Å². The average Bonchev–Trinajstić information content (AvgIpc) is 3.78. The lowest BCUT2D eigenvalue weighted by atomic mass is 9.71. The number of nitrogens with zero attached hydrogens (tertiary/aromatic N) is 7. The zero-order valence-corrected chi connectivity index (χ0v) is 34.3. The summed E-state index contributed by atoms with van der Waals surface area (Å²) in [7, 11) is 3.23. The molecule has 4 aliphatic rings. The average molecular weight is 842 g/mol. The minimum absolute atomic E-state index is 0.209. The summed E-state index contributed by atoms with van der Waals surface area (Å²) in [4.78, 5) is 59.6. The highest BCUT2D eigenvalue weighted by atomic mass is 19.4. The van der Waals surface area contributed by atoms with E-state index in [0.29, 0.717) is 40.9 Å². The quantitative estimate of drug-likeness (QED) is 0.168. The maximum absolute atomic E-state index is 13.5. The van der Waals surface area contributed by atoms with E-state index in [4.69, 9.17) is 9.84 Å². The molecule has 2 N–H and O–H groups in total. The number of methoxy groups -OCH3 is 1. The van der Waals surface area contributed by atoms with Gasteiger partial charge in [-0.3, -0.25) is 38.5 Å². The van der Waals surface area contributed by atoms with E-state index < -0.39 is 29.6 Å². The van der Waals surface area contributed by atoms with E-state index in [1.165, 1.54) is 20.0 Å². The Kier molecular flexibility index (Phi) is 10.6. The van der Waals surface area contributed by atoms with Crippen LogP contribution in [0.3, 0.4) is 0 Å². The molecular formula is C44H50F3N9O5. The van der Waals surface area contributed by atoms with Crippen LogP contribution in [-0.2, 0) is 22.8 Å². The number of carbonyl (C=O) groups excluding carboxylic acids is 3. The number of alkyl halides is 3. The van der Waals surface area contributed by atoms with E-state index in [9.17, 15) is 32.3 Å². The fraction of sp³-hybridized carbons (Fsp3) is 0.500. The van der Waals surface area contributed by atoms with Crippen LogP contribution in [0.25, 0.3) is 21.9 Å². The van der Waals surface area contributed by atoms with Gasteiger partial charge in [-0.1, -0.05) is 6.07 Å². The molecule has 3 amide bonds. The minimum Gasteiger partial charge on any atom is -0.494 e. The maximum atomic E-state index is 13.5. The van der Waals surface area contributed by atoms with Crippen molar-refractivity contribution in [2.24, 2.45) is 18.4 Å². The summed E-state index contributed by atoms with van der Waals surface area (Å²) < 4.78 is 50.4. The summed E-state index contributed by atoms with van der Waals surface area (Å²) >= 11 is 0. The van der Waals surface area contributed by atoms with Gasteiger partial charge >= 0.3 is 11.9 Å². The van der Waals surface area contributed by atoms with Crippen molar-refractivity contribution in [2.75, 3.05) is 50.1 Å². The number of aryl methyl sites for hydroxylation is 1. The number of carbonyl (C=O) groups is 3. The summed E-state index contributed by atoms with van der Waals surface area (Å²) in [5.74, 6) is -0.484. The third-order valence-electron chi connectivity index (χ3n) is 13.8. The fourth-order valence-corrected chi connectivity index (χ4v) is 10.2. The molecule has 1 spiro atoms. The van der Waals surface area contributed by atoms with Crippen LogP contribution in [0.1, 0.15) is 92.2 Å². The first-order valence-electron chi connectivity index (χ1n) is 21.2. The Hall–Kier alpha value is -5.71. The van der Waals surface area contributed by atoms with Crippen molar-refractivity contribution in [3.63, 3.8) is 0 Å². The lowest BCUT2D eigenvalue weighted by Crippen LogP contribution is -2.48. The zero-order valence-electron chi connectivity index (χ0n) is 34.3. The number of halogens is 3. The number of aromatic nitrogens is 5. The molecule has 5 aromatic rings. The number of piperidine rings is 3. The third-order valence-corrected chi connectivity index (χ3v) is 13.8. The molecule has 3 aliphatic heterocycles. The van der Waals surface area contributed by atoms with Gasteiger partial charge in [0.15, 0.2) is 0 Å². The molecule has 61 heavy (non-hydrogen) atoms. The van der Waals surface area contributed by atoms with Gasteiger partial charge in [0.05, 0.1) is 52.2 Å². The number of pyridine rings is 1. The smallest absolute Gasteiger partial charge is 0.417 e. The van der Waals surface area contributed by atoms with E-state index in [2.05, 4.69) is 31.5 Å². The van der Waals surface area contributed by atoms with Gasteiger partial charge in [-0.25, -0.2) is 4.79 Å². The van der Waals surface area contributed by atoms with E-state index in [0.717, 1.165) is 106 Å². The number of rotatable bonds is 8. The number of imide groups is 1. The van der Waals surface area contributed by atoms with Crippen LogP contribution in [-0.4, -0.2) is 86.4 Å². The largest absolute Gasteiger partial charge is 0.494 e. The Morgan fingerprint density at radius 1 is 0.967 bits per heavy atom. The van der Waals surface area contributed by atoms with E-state index in [-0.39, 0.29) is 29.6 Å². The topological polar surface area (TPSA) is 149 Å². The van der Waals surface area contributed by atoms with Gasteiger partial charge < -0.3 is 19.9 Å². The van der Waals surface area contributed by atoms with Crippen LogP contribution in [0.5, 0.6) is 5.75 Å². The number of likely N-dealkylation sites (tertiary alicyclic amines) is 1. The van der Waals surface area contributed by atoms with Crippen LogP contribution in [0.2, 0.25) is 0 Å². The number of anilines is 2. The molecule has 0 radical (unpaired) electrons. The molecule has 14 nitrogen and oxygen atoms in total. The second-order valence-corrected chi connectivity index (χ2v) is 17.4. The van der Waals surface area contributed by atoms with Gasteiger partial charge in [0.25, 0.3) is 5.91 Å². The molecule has 1 aliphatic carbocycles. The molecule has 17 heteroatoms. The standard InChI is InChI=1S/C44H50F3N9O5/c1-52-39-34(4-3-5-35(39)56(42(52)60)36-10-11-38(57)50-41(36)59)54-18-14-43(15-19-54)12-16-53(17-13-43)25-27-6-8-31(9-7-27)55-26-29-21-33(37(61-2)22-32(29)51-55)49-40(58)28-20-30(24-48-23-28)44(45,46)47/h3-5,20-24,26-27,31,36H,6-19,25H2,1-2H3,(H,49,58)(H,50,57,59)/t27-,31-,36?. The SMILES string of the molecule is COc1cc2nn([C@H]3CC[C@H](CN4CCC5(CC4)CCN(c4cccc6c4n(C)c(=O)n6C4CCC(=O)NC4=O)CC5)CC3)cc2cc1NC(=O)c1cncc(C(F)(F)F)c1. The van der Waals surface area contributed by atoms with Crippen molar-refractivity contribution in [1.82, 2.24) is 34.1 Å². The van der Waals surface area contributed by atoms with E-state index >= 15 is 0 Å². The number of hydrogen-bond acceptors (Lipinski definition) is 9. The van der Waals surface area contributed by atoms with Crippen LogP contribution in [0.15, 0.2) is 59.8 Å². The van der Waals surface area contributed by atoms with Crippen LogP contribution < -0.4 is 26.0 Å². The minimum atomic E-state index is -4.62. The molecule has 4 fully saturated rings. The molecule has 322 valence electrons. The predicted octanol–water partition coefficient (Wildman–Crippen LogP) is 6.46. The highest BCUT2D eigenvalue weighted by molar-refractivity contribution is 6.06. The number of ether oxygens (including phenoxy) is 1. The number of imidazole rings is 1. The first kappa shape index (κ1) is 40.7. The first-order chi connectivity index (χ1) is 29.3. The Morgan fingerprint density at radius 3 is 2.41 bits per heavy atom. The molecule has 1 saturated carbocycles. The summed E-state index contributed by atoms with van der Waals surface area (Å²) in [5.41, 5.74) is 2.45. The number of amides is 3. The number of hydrogen-bond donors (Lipinski definition) is 2. The van der Waals surface area contributed by atoms with Crippen molar-refractivity contribution in [2.45, 2.75) is 82.5 Å². The Bertz CT molecular complexity index is 2550. The van der Waals surface area contributed by atoms with Crippen molar-refractivity contribution in [3.8, 4) is 5.75 Å². The molecule has 2 aromatic carbocycles. The van der Waals surface area contributed by atoms with Crippen molar-refractivity contribution in [3.05, 3.63) is 76.6 Å². The molecule has 9 rings (SSSR count). The summed E-state index contributed by atoms with van der Waals surface area (Å²) in [6.07, 6.45) is 8.40. The van der Waals surface area contributed by atoms with Crippen molar-refractivity contribution in [1.29, 1.82) is 0 Å². The maximum Gasteiger partial charge on any atom is 0.417 e. The Balaban J connectivity index is 0.776. The second-order valence-electron chi connectivity index (χ2n) is 17.4. The van der Waals surface area contributed by atoms with Crippen molar-refractivity contribution < 1.29 is 32.3 Å². The predicted molar refractivity (Wildman–Crippen MR) is 223 cm³/mol. The Morgan fingerprint density at radius 2 is 1.70 bits per heavy atom. The fourth-order valence-electron chi connectivity index (χ4n) is 10.2. The van der Waals surface area contributed by atoms with E-state index in [1.807, 2.05) is 23.0 Å². The number of para-hydroxylation sites is 1. The molecular weight excluding hydrogens is 792 g/mol. The lowest BCUT2D eigenvalue weighted by molar-refractivity contribution is -0.138. The normalized spacial score (nSPS) is 22.5. The highest BCUT2D eigenvalue weighted by Gasteiger charge is 2.39. The van der Waals surface area contributed by atoms with Gasteiger partial charge in [-0.15, -0.1) is 0 Å². The van der Waals surface area contributed by atoms with Gasteiger partial charge in [-0.2, -0.15) is 18.3 Å². The molecule has 3 saturated heterocycles. The molecule has 6 heterocycles. The zero-order chi connectivity index (χ0) is 42.6. The summed E-state index contributed by atoms with van der Waals surface area (Å²) in [6, 6.07) is 9.71. The number of nitrogens with one attached hydrogen (secondary N) is 2. The van der Waals surface area contributed by atoms with Gasteiger partial charge in [0.2, 0.25) is 11.8 Å². The van der Waals surface area contributed by atoms with Gasteiger partial charge in [0.1, 0.15) is 11.8 Å². The monoisotopic (exact) mass is 841 g/mol. The van der Waals surface area contributed by atoms with Crippen LogP contribution in [0, 0.1) is 11.3 Å².